The van der Waals surface area contributed by atoms with E-state index in [-0.39, 0.29) is 22.9 Å². The molecule has 0 spiro atoms. The number of hydrogen-bond acceptors (Lipinski definition) is 7. The summed E-state index contributed by atoms with van der Waals surface area (Å²) in [6, 6.07) is 6.90. The molecule has 128 valence electrons. The molecule has 0 bridgehead atoms. The Morgan fingerprint density at radius 3 is 2.84 bits per heavy atom. The van der Waals surface area contributed by atoms with Gasteiger partial charge in [0.25, 0.3) is 5.91 Å². The molecule has 1 aliphatic rings. The number of fused-ring (bicyclic) bond motifs is 1. The van der Waals surface area contributed by atoms with Crippen LogP contribution in [0.4, 0.5) is 5.69 Å². The number of aromatic hydroxyl groups is 1. The van der Waals surface area contributed by atoms with Gasteiger partial charge in [-0.3, -0.25) is 14.9 Å². The number of hydrogen-bond donors (Lipinski definition) is 2. The molecule has 1 aliphatic heterocycles. The van der Waals surface area contributed by atoms with Crippen LogP contribution in [-0.2, 0) is 0 Å². The van der Waals surface area contributed by atoms with Gasteiger partial charge in [-0.15, -0.1) is 0 Å². The molecule has 0 saturated heterocycles. The Bertz CT molecular complexity index is 899. The SMILES string of the molecule is O=C(N/N=C/c1cc(Cl)cc([N+](=O)[O-])c1O)c1ccc2c(c1)OCO2. The first-order valence-electron chi connectivity index (χ1n) is 6.85. The van der Waals surface area contributed by atoms with Crippen molar-refractivity contribution in [3.8, 4) is 17.2 Å². The molecule has 3 rings (SSSR count). The van der Waals surface area contributed by atoms with E-state index < -0.39 is 22.3 Å². The van der Waals surface area contributed by atoms with Crippen LogP contribution in [0.15, 0.2) is 35.4 Å². The fourth-order valence-corrected chi connectivity index (χ4v) is 2.33. The third kappa shape index (κ3) is 3.45. The van der Waals surface area contributed by atoms with E-state index in [1.807, 2.05) is 0 Å². The van der Waals surface area contributed by atoms with Gasteiger partial charge < -0.3 is 14.6 Å². The number of nitrogens with one attached hydrogen (secondary N) is 1. The van der Waals surface area contributed by atoms with Crippen LogP contribution in [0.1, 0.15) is 15.9 Å². The van der Waals surface area contributed by atoms with Crippen LogP contribution in [0.3, 0.4) is 0 Å². The Kier molecular flexibility index (Phi) is 4.40. The van der Waals surface area contributed by atoms with E-state index in [0.29, 0.717) is 11.5 Å². The average molecular weight is 364 g/mol. The number of nitro benzene ring substituents is 1. The van der Waals surface area contributed by atoms with Crippen LogP contribution in [-0.4, -0.2) is 28.9 Å². The summed E-state index contributed by atoms with van der Waals surface area (Å²) in [5.41, 5.74) is 1.96. The van der Waals surface area contributed by atoms with Crippen molar-refractivity contribution < 1.29 is 24.3 Å². The van der Waals surface area contributed by atoms with Gasteiger partial charge in [0.05, 0.1) is 11.1 Å². The van der Waals surface area contributed by atoms with Crippen molar-refractivity contribution in [3.63, 3.8) is 0 Å². The minimum atomic E-state index is -0.774. The number of nitro groups is 1. The van der Waals surface area contributed by atoms with Gasteiger partial charge in [0.15, 0.2) is 11.5 Å². The number of ether oxygens (including phenoxy) is 2. The molecule has 0 atom stereocenters. The van der Waals surface area contributed by atoms with Crippen molar-refractivity contribution >= 4 is 29.4 Å². The number of phenolic OH excluding ortho intramolecular Hbond substituents is 1. The van der Waals surface area contributed by atoms with E-state index in [1.165, 1.54) is 18.2 Å². The number of carbonyl (C=O) groups excluding carboxylic acids is 1. The predicted molar refractivity (Wildman–Crippen MR) is 87.4 cm³/mol. The first kappa shape index (κ1) is 16.5. The standard InChI is InChI=1S/C15H10ClN3O6/c16-10-3-9(14(20)11(5-10)19(22)23)6-17-18-15(21)8-1-2-12-13(4-8)25-7-24-12/h1-6,20H,7H2,(H,18,21)/b17-6+. The second-order valence-corrected chi connectivity index (χ2v) is 5.32. The summed E-state index contributed by atoms with van der Waals surface area (Å²) in [6.45, 7) is 0.0887. The summed E-state index contributed by atoms with van der Waals surface area (Å²) in [7, 11) is 0. The maximum atomic E-state index is 12.0. The first-order chi connectivity index (χ1) is 12.0. The molecular formula is C15H10ClN3O6. The molecule has 0 unspecified atom stereocenters. The summed E-state index contributed by atoms with van der Waals surface area (Å²) in [5, 5.41) is 24.4. The number of rotatable bonds is 4. The molecule has 2 aromatic carbocycles. The summed E-state index contributed by atoms with van der Waals surface area (Å²) in [4.78, 5) is 22.1. The Balaban J connectivity index is 1.75. The number of phenols is 1. The van der Waals surface area contributed by atoms with Crippen LogP contribution < -0.4 is 14.9 Å². The van der Waals surface area contributed by atoms with Crippen molar-refractivity contribution in [2.45, 2.75) is 0 Å². The van der Waals surface area contributed by atoms with Crippen LogP contribution in [0.2, 0.25) is 5.02 Å². The highest BCUT2D eigenvalue weighted by Gasteiger charge is 2.18. The molecule has 9 nitrogen and oxygen atoms in total. The van der Waals surface area contributed by atoms with Crippen molar-refractivity contribution in [1.82, 2.24) is 5.43 Å². The maximum Gasteiger partial charge on any atom is 0.312 e. The van der Waals surface area contributed by atoms with Crippen LogP contribution in [0.25, 0.3) is 0 Å². The summed E-state index contributed by atoms with van der Waals surface area (Å²) in [5.74, 6) is -0.156. The largest absolute Gasteiger partial charge is 0.502 e. The molecule has 0 aromatic heterocycles. The third-order valence-corrected chi connectivity index (χ3v) is 3.50. The van der Waals surface area contributed by atoms with E-state index in [2.05, 4.69) is 10.5 Å². The topological polar surface area (TPSA) is 123 Å². The summed E-state index contributed by atoms with van der Waals surface area (Å²) < 4.78 is 10.3. The number of nitrogens with zero attached hydrogens (tertiary/aromatic N) is 2. The van der Waals surface area contributed by atoms with Crippen molar-refractivity contribution in [2.24, 2.45) is 5.10 Å². The number of amides is 1. The van der Waals surface area contributed by atoms with Gasteiger partial charge in [-0.1, -0.05) is 11.6 Å². The molecule has 2 aromatic rings. The van der Waals surface area contributed by atoms with E-state index >= 15 is 0 Å². The van der Waals surface area contributed by atoms with E-state index in [4.69, 9.17) is 21.1 Å². The molecule has 1 amide bonds. The fraction of sp³-hybridized carbons (Fsp3) is 0.0667. The van der Waals surface area contributed by atoms with Crippen LogP contribution in [0.5, 0.6) is 17.2 Å². The Hall–Kier alpha value is -3.33. The Morgan fingerprint density at radius 1 is 1.32 bits per heavy atom. The zero-order valence-corrected chi connectivity index (χ0v) is 13.2. The van der Waals surface area contributed by atoms with Gasteiger partial charge in [-0.25, -0.2) is 5.43 Å². The monoisotopic (exact) mass is 363 g/mol. The smallest absolute Gasteiger partial charge is 0.312 e. The number of halogens is 1. The van der Waals surface area contributed by atoms with Gasteiger partial charge in [-0.2, -0.15) is 5.10 Å². The number of carbonyl (C=O) groups is 1. The predicted octanol–water partition coefficient (Wildman–Crippen LogP) is 2.45. The number of benzene rings is 2. The van der Waals surface area contributed by atoms with Crippen LogP contribution >= 0.6 is 11.6 Å². The summed E-state index contributed by atoms with van der Waals surface area (Å²) in [6.07, 6.45) is 1.05. The lowest BCUT2D eigenvalue weighted by atomic mass is 10.2. The minimum Gasteiger partial charge on any atom is -0.502 e. The van der Waals surface area contributed by atoms with Gasteiger partial charge in [-0.05, 0) is 24.3 Å². The molecule has 0 saturated carbocycles. The van der Waals surface area contributed by atoms with Crippen molar-refractivity contribution in [1.29, 1.82) is 0 Å². The number of hydrazone groups is 1. The Labute approximate surface area is 145 Å². The van der Waals surface area contributed by atoms with Gasteiger partial charge in [0.2, 0.25) is 12.5 Å². The quantitative estimate of drug-likeness (QED) is 0.488. The first-order valence-corrected chi connectivity index (χ1v) is 7.23. The molecule has 1 heterocycles. The maximum absolute atomic E-state index is 12.0. The Morgan fingerprint density at radius 2 is 2.08 bits per heavy atom. The van der Waals surface area contributed by atoms with Gasteiger partial charge >= 0.3 is 5.69 Å². The van der Waals surface area contributed by atoms with Crippen molar-refractivity contribution in [2.75, 3.05) is 6.79 Å². The third-order valence-electron chi connectivity index (χ3n) is 3.29. The lowest BCUT2D eigenvalue weighted by molar-refractivity contribution is -0.385. The highest BCUT2D eigenvalue weighted by Crippen LogP contribution is 2.33. The van der Waals surface area contributed by atoms with Gasteiger partial charge in [0.1, 0.15) is 0 Å². The molecule has 0 radical (unpaired) electrons. The van der Waals surface area contributed by atoms with E-state index in [0.717, 1.165) is 12.3 Å². The normalized spacial score (nSPS) is 12.4. The van der Waals surface area contributed by atoms with Gasteiger partial charge in [0, 0.05) is 22.2 Å². The molecule has 2 N–H and O–H groups in total. The molecule has 0 aliphatic carbocycles. The second kappa shape index (κ2) is 6.65. The zero-order chi connectivity index (χ0) is 18.0. The van der Waals surface area contributed by atoms with E-state index in [9.17, 15) is 20.0 Å². The fourth-order valence-electron chi connectivity index (χ4n) is 2.11. The molecular weight excluding hydrogens is 354 g/mol. The minimum absolute atomic E-state index is 0.00909. The zero-order valence-electron chi connectivity index (χ0n) is 12.4. The lowest BCUT2D eigenvalue weighted by Crippen LogP contribution is -2.17. The second-order valence-electron chi connectivity index (χ2n) is 4.89. The molecule has 25 heavy (non-hydrogen) atoms. The van der Waals surface area contributed by atoms with Crippen molar-refractivity contribution in [3.05, 3.63) is 56.6 Å². The van der Waals surface area contributed by atoms with E-state index in [1.54, 1.807) is 6.07 Å². The molecule has 0 fully saturated rings. The average Bonchev–Trinajstić information content (AvgIpc) is 3.04. The van der Waals surface area contributed by atoms with Crippen LogP contribution in [0, 0.1) is 10.1 Å². The highest BCUT2D eigenvalue weighted by atomic mass is 35.5. The summed E-state index contributed by atoms with van der Waals surface area (Å²) >= 11 is 5.77. The highest BCUT2D eigenvalue weighted by molar-refractivity contribution is 6.31. The molecule has 10 heteroatoms. The lowest BCUT2D eigenvalue weighted by Gasteiger charge is -2.03.